The van der Waals surface area contributed by atoms with Crippen LogP contribution in [0.25, 0.3) is 76.8 Å². The summed E-state index contributed by atoms with van der Waals surface area (Å²) in [5.74, 6) is 0. The summed E-state index contributed by atoms with van der Waals surface area (Å²) < 4.78 is 0. The van der Waals surface area contributed by atoms with Crippen LogP contribution in [-0.2, 0) is 0 Å². The topological polar surface area (TPSA) is 12.4 Å². The molecular weight excluding hydrogens is 639 g/mol. The molecule has 252 valence electrons. The zero-order valence-corrected chi connectivity index (χ0v) is 30.3. The van der Waals surface area contributed by atoms with Crippen molar-refractivity contribution in [1.82, 2.24) is 0 Å². The van der Waals surface area contributed by atoms with E-state index in [-0.39, 0.29) is 0 Å². The molecule has 0 amide bonds. The van der Waals surface area contributed by atoms with Crippen LogP contribution in [0.1, 0.15) is 23.6 Å². The largest absolute Gasteiger partial charge is 0.253 e. The minimum absolute atomic E-state index is 1.01. The van der Waals surface area contributed by atoms with E-state index < -0.39 is 0 Å². The van der Waals surface area contributed by atoms with Crippen molar-refractivity contribution in [2.45, 2.75) is 20.8 Å². The molecule has 0 aliphatic heterocycles. The Morgan fingerprint density at radius 1 is 0.377 bits per heavy atom. The van der Waals surface area contributed by atoms with Gasteiger partial charge < -0.3 is 0 Å². The van der Waals surface area contributed by atoms with Crippen molar-refractivity contribution in [1.29, 1.82) is 0 Å². The lowest BCUT2D eigenvalue weighted by Crippen LogP contribution is -1.99. The van der Waals surface area contributed by atoms with Crippen molar-refractivity contribution in [2.75, 3.05) is 0 Å². The smallest absolute Gasteiger partial charge is 0.0662 e. The van der Waals surface area contributed by atoms with Crippen molar-refractivity contribution in [3.63, 3.8) is 0 Å². The van der Waals surface area contributed by atoms with E-state index in [1.807, 2.05) is 0 Å². The molecule has 0 bridgehead atoms. The first-order chi connectivity index (χ1) is 26.0. The highest BCUT2D eigenvalue weighted by Crippen LogP contribution is 2.45. The van der Waals surface area contributed by atoms with Gasteiger partial charge in [-0.3, -0.25) is 4.99 Å². The number of hydrogen-bond acceptors (Lipinski definition) is 1. The molecule has 9 rings (SSSR count). The van der Waals surface area contributed by atoms with Gasteiger partial charge in [-0.05, 0) is 133 Å². The molecule has 0 unspecified atom stereocenters. The Kier molecular flexibility index (Phi) is 8.25. The molecule has 0 saturated carbocycles. The fourth-order valence-electron chi connectivity index (χ4n) is 8.00. The van der Waals surface area contributed by atoms with E-state index in [1.165, 1.54) is 88.0 Å². The van der Waals surface area contributed by atoms with Crippen molar-refractivity contribution >= 4 is 43.7 Å². The summed E-state index contributed by atoms with van der Waals surface area (Å²) in [5.41, 5.74) is 15.4. The molecule has 9 aromatic rings. The second-order valence-electron chi connectivity index (χ2n) is 14.0. The van der Waals surface area contributed by atoms with E-state index in [1.54, 1.807) is 0 Å². The summed E-state index contributed by atoms with van der Waals surface area (Å²) in [6.07, 6.45) is 0. The van der Waals surface area contributed by atoms with Crippen LogP contribution in [0.2, 0.25) is 0 Å². The van der Waals surface area contributed by atoms with E-state index in [4.69, 9.17) is 4.99 Å². The molecule has 0 radical (unpaired) electrons. The van der Waals surface area contributed by atoms with Gasteiger partial charge in [0.1, 0.15) is 0 Å². The number of fused-ring (bicyclic) bond motifs is 3. The highest BCUT2D eigenvalue weighted by atomic mass is 14.7. The van der Waals surface area contributed by atoms with Gasteiger partial charge in [-0.1, -0.05) is 158 Å². The molecule has 0 atom stereocenters. The zero-order valence-electron chi connectivity index (χ0n) is 30.3. The van der Waals surface area contributed by atoms with Crippen molar-refractivity contribution in [3.05, 3.63) is 199 Å². The van der Waals surface area contributed by atoms with E-state index in [9.17, 15) is 0 Å². The Labute approximate surface area is 311 Å². The maximum Gasteiger partial charge on any atom is 0.0662 e. The minimum atomic E-state index is 1.01. The lowest BCUT2D eigenvalue weighted by atomic mass is 9.85. The van der Waals surface area contributed by atoms with Gasteiger partial charge in [0.2, 0.25) is 0 Å². The first-order valence-corrected chi connectivity index (χ1v) is 18.4. The maximum absolute atomic E-state index is 5.08. The number of aryl methyl sites for hydroxylation is 2. The van der Waals surface area contributed by atoms with Crippen LogP contribution < -0.4 is 0 Å². The molecule has 0 spiro atoms. The first-order valence-electron chi connectivity index (χ1n) is 18.4. The summed E-state index contributed by atoms with van der Waals surface area (Å²) in [7, 11) is 0. The third-order valence-electron chi connectivity index (χ3n) is 10.7. The number of benzene rings is 9. The fourth-order valence-corrected chi connectivity index (χ4v) is 8.00. The standard InChI is InChI=1S/C52H39N/c1-34-27-28-40(33-49(34)44-21-8-7-20-43(44)36(3)53-50-26-13-4-15-35(50)2)39-18-14-19-41(32-39)51-45-22-9-11-24-47(45)52(48-25-12-10-23-46(48)51)42-30-29-37-16-5-6-17-38(37)31-42/h4-33H,1-3H3/b53-36+. The molecule has 0 aliphatic rings. The second-order valence-corrected chi connectivity index (χ2v) is 14.0. The van der Waals surface area contributed by atoms with Crippen molar-refractivity contribution in [3.8, 4) is 44.5 Å². The maximum atomic E-state index is 5.08. The number of aliphatic imine (C=N–C) groups is 1. The predicted molar refractivity (Wildman–Crippen MR) is 228 cm³/mol. The van der Waals surface area contributed by atoms with E-state index in [0.29, 0.717) is 0 Å². The summed E-state index contributed by atoms with van der Waals surface area (Å²) in [6.45, 7) is 6.44. The molecule has 9 aromatic carbocycles. The first kappa shape index (κ1) is 32.3. The summed E-state index contributed by atoms with van der Waals surface area (Å²) in [4.78, 5) is 5.08. The van der Waals surface area contributed by atoms with Crippen LogP contribution in [0, 0.1) is 13.8 Å². The van der Waals surface area contributed by atoms with Crippen LogP contribution in [0.4, 0.5) is 5.69 Å². The van der Waals surface area contributed by atoms with Gasteiger partial charge >= 0.3 is 0 Å². The van der Waals surface area contributed by atoms with Crippen LogP contribution in [0.3, 0.4) is 0 Å². The van der Waals surface area contributed by atoms with Gasteiger partial charge in [-0.2, -0.15) is 0 Å². The Morgan fingerprint density at radius 2 is 0.925 bits per heavy atom. The second kappa shape index (κ2) is 13.5. The average molecular weight is 678 g/mol. The highest BCUT2D eigenvalue weighted by Gasteiger charge is 2.18. The zero-order chi connectivity index (χ0) is 35.9. The monoisotopic (exact) mass is 677 g/mol. The van der Waals surface area contributed by atoms with Gasteiger partial charge in [0, 0.05) is 11.3 Å². The van der Waals surface area contributed by atoms with E-state index >= 15 is 0 Å². The van der Waals surface area contributed by atoms with Crippen LogP contribution >= 0.6 is 0 Å². The molecule has 53 heavy (non-hydrogen) atoms. The van der Waals surface area contributed by atoms with Gasteiger partial charge in [0.05, 0.1) is 5.69 Å². The molecule has 0 aliphatic carbocycles. The number of para-hydroxylation sites is 1. The Morgan fingerprint density at radius 3 is 1.64 bits per heavy atom. The molecular formula is C52H39N. The number of nitrogens with zero attached hydrogens (tertiary/aromatic N) is 1. The lowest BCUT2D eigenvalue weighted by Gasteiger charge is -2.19. The van der Waals surface area contributed by atoms with Crippen LogP contribution in [-0.4, -0.2) is 5.71 Å². The Hall–Kier alpha value is -6.57. The highest BCUT2D eigenvalue weighted by molar-refractivity contribution is 6.22. The lowest BCUT2D eigenvalue weighted by molar-refractivity contribution is 1.38. The minimum Gasteiger partial charge on any atom is -0.253 e. The predicted octanol–water partition coefficient (Wildman–Crippen LogP) is 14.6. The Bertz CT molecular complexity index is 2820. The van der Waals surface area contributed by atoms with Gasteiger partial charge in [0.15, 0.2) is 0 Å². The third kappa shape index (κ3) is 5.91. The summed E-state index contributed by atoms with van der Waals surface area (Å²) in [6, 6.07) is 66.2. The van der Waals surface area contributed by atoms with E-state index in [2.05, 4.69) is 203 Å². The normalized spacial score (nSPS) is 11.8. The average Bonchev–Trinajstić information content (AvgIpc) is 3.20. The molecule has 0 fully saturated rings. The SMILES string of the molecule is C/C(=N\c1ccccc1C)c1ccccc1-c1cc(-c2cccc(-c3c4ccccc4c(-c4ccc5ccccc5c4)c4ccccc34)c2)ccc1C. The molecule has 0 N–H and O–H groups in total. The molecule has 1 nitrogen and oxygen atoms in total. The quantitative estimate of drug-likeness (QED) is 0.123. The Balaban J connectivity index is 1.18. The molecule has 1 heteroatoms. The van der Waals surface area contributed by atoms with Crippen molar-refractivity contribution < 1.29 is 0 Å². The van der Waals surface area contributed by atoms with Gasteiger partial charge in [-0.15, -0.1) is 0 Å². The van der Waals surface area contributed by atoms with Crippen LogP contribution in [0.15, 0.2) is 187 Å². The molecule has 0 saturated heterocycles. The number of rotatable bonds is 6. The van der Waals surface area contributed by atoms with Crippen LogP contribution in [0.5, 0.6) is 0 Å². The van der Waals surface area contributed by atoms with Gasteiger partial charge in [-0.25, -0.2) is 0 Å². The fraction of sp³-hybridized carbons (Fsp3) is 0.0577. The third-order valence-corrected chi connectivity index (χ3v) is 10.7. The van der Waals surface area contributed by atoms with E-state index in [0.717, 1.165) is 17.0 Å². The summed E-state index contributed by atoms with van der Waals surface area (Å²) >= 11 is 0. The number of hydrogen-bond donors (Lipinski definition) is 0. The van der Waals surface area contributed by atoms with Crippen molar-refractivity contribution in [2.24, 2.45) is 4.99 Å². The molecule has 0 aromatic heterocycles. The molecule has 0 heterocycles. The van der Waals surface area contributed by atoms with Gasteiger partial charge in [0.25, 0.3) is 0 Å². The summed E-state index contributed by atoms with van der Waals surface area (Å²) in [5, 5.41) is 7.55.